The van der Waals surface area contributed by atoms with Gasteiger partial charge >= 0.3 is 0 Å². The van der Waals surface area contributed by atoms with E-state index in [-0.39, 0.29) is 5.91 Å². The van der Waals surface area contributed by atoms with E-state index in [0.29, 0.717) is 46.1 Å². The van der Waals surface area contributed by atoms with Crippen molar-refractivity contribution in [2.75, 3.05) is 7.05 Å². The van der Waals surface area contributed by atoms with Crippen molar-refractivity contribution in [3.05, 3.63) is 59.9 Å². The van der Waals surface area contributed by atoms with E-state index in [1.165, 1.54) is 0 Å². The molecule has 1 amide bonds. The van der Waals surface area contributed by atoms with Crippen molar-refractivity contribution in [3.63, 3.8) is 0 Å². The van der Waals surface area contributed by atoms with Gasteiger partial charge in [-0.25, -0.2) is 4.98 Å². The molecule has 4 aromatic rings. The van der Waals surface area contributed by atoms with E-state index in [9.17, 15) is 4.79 Å². The molecule has 0 spiro atoms. The van der Waals surface area contributed by atoms with Crippen LogP contribution >= 0.6 is 0 Å². The maximum Gasteiger partial charge on any atom is 0.259 e. The van der Waals surface area contributed by atoms with Gasteiger partial charge in [0.2, 0.25) is 0 Å². The number of hydrogen-bond donors (Lipinski definition) is 0. The molecule has 7 nitrogen and oxygen atoms in total. The Balaban J connectivity index is 1.79. The minimum Gasteiger partial charge on any atom is -0.467 e. The summed E-state index contributed by atoms with van der Waals surface area (Å²) in [6, 6.07) is 8.85. The normalized spacial score (nSPS) is 11.1. The van der Waals surface area contributed by atoms with Gasteiger partial charge in [0.15, 0.2) is 5.76 Å². The standard InChI is InChI=1S/C18H15N3O4/c1-11-16-13(18(22)21(2)10-12-5-3-7-23-12)9-14(15-6-4-8-24-15)19-17(16)25-20-11/h3-9H,10H2,1-2H3. The third-order valence-corrected chi connectivity index (χ3v) is 3.94. The van der Waals surface area contributed by atoms with Gasteiger partial charge in [0, 0.05) is 7.05 Å². The fourth-order valence-electron chi connectivity index (χ4n) is 2.73. The third kappa shape index (κ3) is 2.69. The number of pyridine rings is 1. The molecule has 7 heteroatoms. The summed E-state index contributed by atoms with van der Waals surface area (Å²) in [4.78, 5) is 19.0. The summed E-state index contributed by atoms with van der Waals surface area (Å²) in [6.07, 6.45) is 3.13. The molecule has 126 valence electrons. The van der Waals surface area contributed by atoms with Crippen LogP contribution in [0, 0.1) is 6.92 Å². The van der Waals surface area contributed by atoms with Gasteiger partial charge in [0.25, 0.3) is 11.6 Å². The number of hydrogen-bond acceptors (Lipinski definition) is 6. The highest BCUT2D eigenvalue weighted by Gasteiger charge is 2.22. The summed E-state index contributed by atoms with van der Waals surface area (Å²) in [6.45, 7) is 2.14. The minimum absolute atomic E-state index is 0.178. The summed E-state index contributed by atoms with van der Waals surface area (Å²) in [7, 11) is 1.71. The van der Waals surface area contributed by atoms with Crippen molar-refractivity contribution in [3.8, 4) is 11.5 Å². The molecule has 25 heavy (non-hydrogen) atoms. The first kappa shape index (κ1) is 15.2. The van der Waals surface area contributed by atoms with Crippen molar-refractivity contribution >= 4 is 17.0 Å². The van der Waals surface area contributed by atoms with E-state index in [1.54, 1.807) is 55.7 Å². The molecule has 4 heterocycles. The highest BCUT2D eigenvalue weighted by molar-refractivity contribution is 6.06. The highest BCUT2D eigenvalue weighted by atomic mass is 16.5. The number of nitrogens with zero attached hydrogens (tertiary/aromatic N) is 3. The van der Waals surface area contributed by atoms with Gasteiger partial charge in [0.1, 0.15) is 11.5 Å². The Morgan fingerprint density at radius 1 is 1.20 bits per heavy atom. The van der Waals surface area contributed by atoms with Gasteiger partial charge in [-0.3, -0.25) is 4.79 Å². The molecular formula is C18H15N3O4. The zero-order chi connectivity index (χ0) is 17.4. The van der Waals surface area contributed by atoms with Crippen molar-refractivity contribution in [2.45, 2.75) is 13.5 Å². The fourth-order valence-corrected chi connectivity index (χ4v) is 2.73. The molecule has 0 atom stereocenters. The summed E-state index contributed by atoms with van der Waals surface area (Å²) in [5, 5.41) is 4.54. The van der Waals surface area contributed by atoms with Gasteiger partial charge in [-0.1, -0.05) is 5.16 Å². The molecule has 0 unspecified atom stereocenters. The van der Waals surface area contributed by atoms with Gasteiger partial charge in [-0.15, -0.1) is 0 Å². The van der Waals surface area contributed by atoms with Crippen molar-refractivity contribution in [1.29, 1.82) is 0 Å². The number of aryl methyl sites for hydroxylation is 1. The van der Waals surface area contributed by atoms with Crippen LogP contribution in [0.5, 0.6) is 0 Å². The number of carbonyl (C=O) groups is 1. The number of furan rings is 2. The lowest BCUT2D eigenvalue weighted by atomic mass is 10.1. The summed E-state index contributed by atoms with van der Waals surface area (Å²) < 4.78 is 16.0. The average Bonchev–Trinajstić information content (AvgIpc) is 3.35. The van der Waals surface area contributed by atoms with Crippen molar-refractivity contribution in [2.24, 2.45) is 0 Å². The second-order valence-electron chi connectivity index (χ2n) is 5.72. The third-order valence-electron chi connectivity index (χ3n) is 3.94. The van der Waals surface area contributed by atoms with E-state index in [1.807, 2.05) is 6.07 Å². The SMILES string of the molecule is Cc1noc2nc(-c3ccco3)cc(C(=O)N(C)Cc3ccco3)c12. The number of carbonyl (C=O) groups excluding carboxylic acids is 1. The molecule has 0 fully saturated rings. The Kier molecular flexibility index (Phi) is 3.61. The number of aromatic nitrogens is 2. The van der Waals surface area contributed by atoms with Crippen LogP contribution in [0.1, 0.15) is 21.8 Å². The molecule has 0 bridgehead atoms. The molecule has 0 radical (unpaired) electrons. The van der Waals surface area contributed by atoms with E-state index >= 15 is 0 Å². The Morgan fingerprint density at radius 3 is 2.72 bits per heavy atom. The maximum atomic E-state index is 13.0. The number of amides is 1. The first-order valence-electron chi connectivity index (χ1n) is 7.72. The van der Waals surface area contributed by atoms with Gasteiger partial charge in [0.05, 0.1) is 35.7 Å². The van der Waals surface area contributed by atoms with Gasteiger partial charge < -0.3 is 18.3 Å². The topological polar surface area (TPSA) is 85.5 Å². The maximum absolute atomic E-state index is 13.0. The van der Waals surface area contributed by atoms with Gasteiger partial charge in [-0.05, 0) is 37.3 Å². The first-order chi connectivity index (χ1) is 12.1. The van der Waals surface area contributed by atoms with Crippen LogP contribution in [-0.4, -0.2) is 28.0 Å². The lowest BCUT2D eigenvalue weighted by Crippen LogP contribution is -2.26. The monoisotopic (exact) mass is 337 g/mol. The predicted octanol–water partition coefficient (Wildman–Crippen LogP) is 3.66. The van der Waals surface area contributed by atoms with Crippen LogP contribution in [0.25, 0.3) is 22.6 Å². The van der Waals surface area contributed by atoms with Crippen LogP contribution in [-0.2, 0) is 6.54 Å². The lowest BCUT2D eigenvalue weighted by molar-refractivity contribution is 0.0777. The molecule has 0 aromatic carbocycles. The summed E-state index contributed by atoms with van der Waals surface area (Å²) in [5.74, 6) is 1.08. The van der Waals surface area contributed by atoms with E-state index < -0.39 is 0 Å². The first-order valence-corrected chi connectivity index (χ1v) is 7.72. The molecule has 0 aliphatic heterocycles. The highest BCUT2D eigenvalue weighted by Crippen LogP contribution is 2.28. The smallest absolute Gasteiger partial charge is 0.259 e. The van der Waals surface area contributed by atoms with E-state index in [0.717, 1.165) is 0 Å². The van der Waals surface area contributed by atoms with E-state index in [2.05, 4.69) is 10.1 Å². The molecule has 4 rings (SSSR count). The number of rotatable bonds is 4. The van der Waals surface area contributed by atoms with Crippen molar-refractivity contribution in [1.82, 2.24) is 15.0 Å². The minimum atomic E-state index is -0.178. The Hall–Kier alpha value is -3.35. The molecule has 0 aliphatic rings. The van der Waals surface area contributed by atoms with Crippen LogP contribution in [0.4, 0.5) is 0 Å². The van der Waals surface area contributed by atoms with Crippen LogP contribution in [0.15, 0.2) is 56.2 Å². The second kappa shape index (κ2) is 5.94. The number of fused-ring (bicyclic) bond motifs is 1. The lowest BCUT2D eigenvalue weighted by Gasteiger charge is -2.16. The zero-order valence-electron chi connectivity index (χ0n) is 13.7. The Labute approximate surface area is 142 Å². The molecule has 0 saturated carbocycles. The van der Waals surface area contributed by atoms with Crippen LogP contribution in [0.3, 0.4) is 0 Å². The fraction of sp³-hybridized carbons (Fsp3) is 0.167. The molecule has 4 aromatic heterocycles. The average molecular weight is 337 g/mol. The molecule has 0 N–H and O–H groups in total. The van der Waals surface area contributed by atoms with Crippen LogP contribution in [0.2, 0.25) is 0 Å². The predicted molar refractivity (Wildman–Crippen MR) is 88.7 cm³/mol. The molecule has 0 saturated heterocycles. The molecular weight excluding hydrogens is 322 g/mol. The molecule has 0 aliphatic carbocycles. The van der Waals surface area contributed by atoms with Crippen molar-refractivity contribution < 1.29 is 18.2 Å². The summed E-state index contributed by atoms with van der Waals surface area (Å²) >= 11 is 0. The second-order valence-corrected chi connectivity index (χ2v) is 5.72. The zero-order valence-corrected chi connectivity index (χ0v) is 13.7. The summed E-state index contributed by atoms with van der Waals surface area (Å²) in [5.41, 5.74) is 1.90. The largest absolute Gasteiger partial charge is 0.467 e. The van der Waals surface area contributed by atoms with Crippen LogP contribution < -0.4 is 0 Å². The van der Waals surface area contributed by atoms with E-state index in [4.69, 9.17) is 13.4 Å². The quantitative estimate of drug-likeness (QED) is 0.565. The Bertz CT molecular complexity index is 1020. The Morgan fingerprint density at radius 2 is 2.00 bits per heavy atom. The van der Waals surface area contributed by atoms with Gasteiger partial charge in [-0.2, -0.15) is 0 Å².